The molecule has 1 aromatic rings. The van der Waals surface area contributed by atoms with Gasteiger partial charge in [-0.05, 0) is 29.7 Å². The molecule has 2 heteroatoms. The Morgan fingerprint density at radius 2 is 2.00 bits per heavy atom. The van der Waals surface area contributed by atoms with Gasteiger partial charge in [0, 0.05) is 17.4 Å². The second-order valence-corrected chi connectivity index (χ2v) is 4.08. The molecule has 70 valence electrons. The molecule has 0 aromatic heterocycles. The van der Waals surface area contributed by atoms with Crippen molar-refractivity contribution in [3.8, 4) is 12.1 Å². The van der Waals surface area contributed by atoms with Crippen LogP contribution in [0.5, 0.6) is 0 Å². The van der Waals surface area contributed by atoms with Crippen molar-refractivity contribution in [3.63, 3.8) is 0 Å². The average Bonchev–Trinajstić information content (AvgIpc) is 2.86. The van der Waals surface area contributed by atoms with E-state index in [0.29, 0.717) is 11.5 Å². The highest BCUT2D eigenvalue weighted by molar-refractivity contribution is 5.56. The zero-order valence-electron chi connectivity index (χ0n) is 8.07. The fourth-order valence-corrected chi connectivity index (χ4v) is 2.69. The molecule has 0 amide bonds. The number of nitriles is 2. The molecule has 0 aliphatic heterocycles. The van der Waals surface area contributed by atoms with Gasteiger partial charge >= 0.3 is 0 Å². The molecular weight excluding hydrogens is 184 g/mol. The fourth-order valence-electron chi connectivity index (χ4n) is 2.69. The maximum atomic E-state index is 8.96. The van der Waals surface area contributed by atoms with Gasteiger partial charge in [0.1, 0.15) is 0 Å². The number of benzene rings is 1. The van der Waals surface area contributed by atoms with Gasteiger partial charge in [0.2, 0.25) is 0 Å². The Morgan fingerprint density at radius 1 is 1.13 bits per heavy atom. The predicted molar refractivity (Wildman–Crippen MR) is 55.0 cm³/mol. The van der Waals surface area contributed by atoms with Crippen LogP contribution in [0.1, 0.15) is 34.9 Å². The molecule has 0 saturated carbocycles. The molecule has 0 saturated heterocycles. The fraction of sp³-hybridized carbons (Fsp3) is 0.231. The van der Waals surface area contributed by atoms with Crippen molar-refractivity contribution in [2.75, 3.05) is 0 Å². The summed E-state index contributed by atoms with van der Waals surface area (Å²) in [5, 5.41) is 17.8. The van der Waals surface area contributed by atoms with Crippen LogP contribution >= 0.6 is 0 Å². The summed E-state index contributed by atoms with van der Waals surface area (Å²) in [7, 11) is 0. The Bertz CT molecular complexity index is 555. The van der Waals surface area contributed by atoms with Crippen LogP contribution < -0.4 is 0 Å². The molecule has 0 fully saturated rings. The van der Waals surface area contributed by atoms with Gasteiger partial charge in [-0.1, -0.05) is 12.1 Å². The van der Waals surface area contributed by atoms with Gasteiger partial charge in [-0.15, -0.1) is 0 Å². The summed E-state index contributed by atoms with van der Waals surface area (Å²) >= 11 is 0. The van der Waals surface area contributed by atoms with Crippen LogP contribution in [0.3, 0.4) is 0 Å². The van der Waals surface area contributed by atoms with Crippen molar-refractivity contribution in [2.24, 2.45) is 0 Å². The molecule has 3 rings (SSSR count). The molecule has 0 heterocycles. The minimum atomic E-state index is 0.253. The number of rotatable bonds is 0. The second-order valence-electron chi connectivity index (χ2n) is 4.08. The quantitative estimate of drug-likeness (QED) is 0.634. The third-order valence-electron chi connectivity index (χ3n) is 3.37. The van der Waals surface area contributed by atoms with Crippen LogP contribution in [0.25, 0.3) is 0 Å². The van der Waals surface area contributed by atoms with Gasteiger partial charge in [-0.3, -0.25) is 0 Å². The lowest BCUT2D eigenvalue weighted by molar-refractivity contribution is 0.794. The van der Waals surface area contributed by atoms with Crippen LogP contribution in [0, 0.1) is 22.7 Å². The van der Waals surface area contributed by atoms with Crippen molar-refractivity contribution >= 4 is 0 Å². The highest BCUT2D eigenvalue weighted by atomic mass is 14.4. The van der Waals surface area contributed by atoms with Gasteiger partial charge in [0.05, 0.1) is 17.7 Å². The van der Waals surface area contributed by atoms with E-state index in [2.05, 4.69) is 18.2 Å². The lowest BCUT2D eigenvalue weighted by Gasteiger charge is -2.12. The van der Waals surface area contributed by atoms with E-state index in [1.807, 2.05) is 18.2 Å². The Kier molecular flexibility index (Phi) is 1.50. The van der Waals surface area contributed by atoms with Crippen molar-refractivity contribution in [1.82, 2.24) is 0 Å². The molecule has 15 heavy (non-hydrogen) atoms. The molecule has 1 aromatic carbocycles. The molecule has 2 bridgehead atoms. The monoisotopic (exact) mass is 192 g/mol. The summed E-state index contributed by atoms with van der Waals surface area (Å²) in [5.74, 6) is 0.663. The number of fused-ring (bicyclic) bond motifs is 5. The summed E-state index contributed by atoms with van der Waals surface area (Å²) in [4.78, 5) is 0. The minimum absolute atomic E-state index is 0.253. The maximum Gasteiger partial charge on any atom is 0.0991 e. The molecule has 0 radical (unpaired) electrons. The first-order valence-electron chi connectivity index (χ1n) is 4.99. The molecular formula is C13H8N2. The number of allylic oxidation sites excluding steroid dienone is 2. The van der Waals surface area contributed by atoms with Crippen molar-refractivity contribution in [2.45, 2.75) is 18.3 Å². The summed E-state index contributed by atoms with van der Waals surface area (Å²) in [5.41, 5.74) is 4.07. The lowest BCUT2D eigenvalue weighted by atomic mass is 9.90. The van der Waals surface area contributed by atoms with Crippen molar-refractivity contribution in [1.29, 1.82) is 10.5 Å². The van der Waals surface area contributed by atoms with Crippen LogP contribution in [-0.2, 0) is 0 Å². The largest absolute Gasteiger partial charge is 0.193 e. The standard InChI is InChI=1S/C13H8N2/c14-6-8-1-2-11-9-4-10(7-15)12(5-9)13(11)3-8/h1-4,9,12H,5H2/t9-,12-/m1/s1. The zero-order chi connectivity index (χ0) is 10.4. The Hall–Kier alpha value is -2.06. The average molecular weight is 192 g/mol. The lowest BCUT2D eigenvalue weighted by Crippen LogP contribution is -1.98. The topological polar surface area (TPSA) is 47.6 Å². The van der Waals surface area contributed by atoms with Gasteiger partial charge in [-0.2, -0.15) is 10.5 Å². The van der Waals surface area contributed by atoms with Gasteiger partial charge in [0.15, 0.2) is 0 Å². The summed E-state index contributed by atoms with van der Waals surface area (Å²) in [6, 6.07) is 10.2. The minimum Gasteiger partial charge on any atom is -0.193 e. The smallest absolute Gasteiger partial charge is 0.0991 e. The Balaban J connectivity index is 2.17. The van der Waals surface area contributed by atoms with E-state index < -0.39 is 0 Å². The summed E-state index contributed by atoms with van der Waals surface area (Å²) in [6.07, 6.45) is 3.09. The van der Waals surface area contributed by atoms with Crippen molar-refractivity contribution < 1.29 is 0 Å². The molecule has 0 unspecified atom stereocenters. The van der Waals surface area contributed by atoms with E-state index in [-0.39, 0.29) is 5.92 Å². The van der Waals surface area contributed by atoms with Gasteiger partial charge < -0.3 is 0 Å². The molecule has 2 atom stereocenters. The number of hydrogen-bond acceptors (Lipinski definition) is 2. The SMILES string of the molecule is N#CC1=C[C@@H]2C[C@H]1c1cc(C#N)ccc12. The van der Waals surface area contributed by atoms with E-state index in [4.69, 9.17) is 10.5 Å². The third-order valence-corrected chi connectivity index (χ3v) is 3.37. The van der Waals surface area contributed by atoms with Gasteiger partial charge in [-0.25, -0.2) is 0 Å². The molecule has 0 N–H and O–H groups in total. The first-order valence-corrected chi connectivity index (χ1v) is 4.99. The van der Waals surface area contributed by atoms with E-state index in [1.165, 1.54) is 11.1 Å². The first-order chi connectivity index (χ1) is 7.33. The van der Waals surface area contributed by atoms with Gasteiger partial charge in [0.25, 0.3) is 0 Å². The predicted octanol–water partition coefficient (Wildman–Crippen LogP) is 2.59. The highest BCUT2D eigenvalue weighted by Gasteiger charge is 2.37. The zero-order valence-corrected chi connectivity index (χ0v) is 8.07. The summed E-state index contributed by atoms with van der Waals surface area (Å²) < 4.78 is 0. The van der Waals surface area contributed by atoms with Crippen LogP contribution in [0.15, 0.2) is 29.8 Å². The molecule has 0 spiro atoms. The number of hydrogen-bond donors (Lipinski definition) is 0. The van der Waals surface area contributed by atoms with E-state index in [9.17, 15) is 0 Å². The third kappa shape index (κ3) is 0.966. The first kappa shape index (κ1) is 8.26. The van der Waals surface area contributed by atoms with E-state index in [0.717, 1.165) is 12.0 Å². The Labute approximate surface area is 88.1 Å². The van der Waals surface area contributed by atoms with E-state index in [1.54, 1.807) is 0 Å². The number of nitrogens with zero attached hydrogens (tertiary/aromatic N) is 2. The van der Waals surface area contributed by atoms with Crippen LogP contribution in [0.2, 0.25) is 0 Å². The van der Waals surface area contributed by atoms with Crippen LogP contribution in [0.4, 0.5) is 0 Å². The molecule has 2 aliphatic carbocycles. The Morgan fingerprint density at radius 3 is 2.73 bits per heavy atom. The van der Waals surface area contributed by atoms with Crippen molar-refractivity contribution in [3.05, 3.63) is 46.5 Å². The normalized spacial score (nSPS) is 25.3. The van der Waals surface area contributed by atoms with Crippen LogP contribution in [-0.4, -0.2) is 0 Å². The highest BCUT2D eigenvalue weighted by Crippen LogP contribution is 2.52. The maximum absolute atomic E-state index is 8.96. The molecule has 2 aliphatic rings. The molecule has 2 nitrogen and oxygen atoms in total. The second kappa shape index (κ2) is 2.72. The summed E-state index contributed by atoms with van der Waals surface area (Å²) in [6.45, 7) is 0. The van der Waals surface area contributed by atoms with E-state index >= 15 is 0 Å².